The van der Waals surface area contributed by atoms with Gasteiger partial charge in [0.15, 0.2) is 0 Å². The zero-order chi connectivity index (χ0) is 12.3. The van der Waals surface area contributed by atoms with Crippen LogP contribution >= 0.6 is 0 Å². The molecule has 0 radical (unpaired) electrons. The lowest BCUT2D eigenvalue weighted by Gasteiger charge is -2.03. The van der Waals surface area contributed by atoms with Crippen molar-refractivity contribution in [1.82, 2.24) is 4.98 Å². The third kappa shape index (κ3) is 2.50. The molecule has 1 aromatic carbocycles. The fourth-order valence-corrected chi connectivity index (χ4v) is 1.74. The molecular weight excluding hydrogens is 214 g/mol. The number of hydrogen-bond donors (Lipinski definition) is 1. The largest absolute Gasteiger partial charge is 0.478 e. The van der Waals surface area contributed by atoms with E-state index in [0.717, 1.165) is 29.0 Å². The van der Waals surface area contributed by atoms with Crippen LogP contribution in [0.1, 0.15) is 18.1 Å². The molecule has 2 rings (SSSR count). The Bertz CT molecular complexity index is 588. The maximum Gasteiger partial charge on any atom is 0.328 e. The normalized spacial score (nSPS) is 11.1. The van der Waals surface area contributed by atoms with Crippen molar-refractivity contribution < 1.29 is 9.90 Å². The fourth-order valence-electron chi connectivity index (χ4n) is 1.74. The summed E-state index contributed by atoms with van der Waals surface area (Å²) >= 11 is 0. The zero-order valence-corrected chi connectivity index (χ0v) is 9.55. The van der Waals surface area contributed by atoms with Crippen molar-refractivity contribution >= 4 is 22.9 Å². The Kier molecular flexibility index (Phi) is 3.19. The van der Waals surface area contributed by atoms with Gasteiger partial charge in [-0.15, -0.1) is 0 Å². The molecule has 3 nitrogen and oxygen atoms in total. The van der Waals surface area contributed by atoms with Gasteiger partial charge in [-0.2, -0.15) is 0 Å². The molecule has 0 unspecified atom stereocenters. The number of carbonyl (C=O) groups is 1. The number of aromatic nitrogens is 1. The van der Waals surface area contributed by atoms with Gasteiger partial charge in [-0.05, 0) is 41.8 Å². The molecule has 0 aliphatic rings. The number of benzene rings is 1. The van der Waals surface area contributed by atoms with Gasteiger partial charge >= 0.3 is 5.97 Å². The van der Waals surface area contributed by atoms with E-state index in [0.29, 0.717) is 0 Å². The minimum atomic E-state index is -0.943. The topological polar surface area (TPSA) is 50.2 Å². The van der Waals surface area contributed by atoms with Crippen molar-refractivity contribution in [2.24, 2.45) is 0 Å². The molecule has 86 valence electrons. The minimum absolute atomic E-state index is 0.882. The van der Waals surface area contributed by atoms with Crippen LogP contribution in [0.3, 0.4) is 0 Å². The van der Waals surface area contributed by atoms with Gasteiger partial charge in [-0.3, -0.25) is 4.98 Å². The van der Waals surface area contributed by atoms with E-state index in [1.807, 2.05) is 18.2 Å². The molecule has 0 fully saturated rings. The van der Waals surface area contributed by atoms with Crippen LogP contribution in [0.4, 0.5) is 0 Å². The number of fused-ring (bicyclic) bond motifs is 1. The summed E-state index contributed by atoms with van der Waals surface area (Å²) in [6.07, 6.45) is 5.39. The average Bonchev–Trinajstić information content (AvgIpc) is 2.35. The first-order valence-corrected chi connectivity index (χ1v) is 5.49. The maximum absolute atomic E-state index is 10.5. The highest BCUT2D eigenvalue weighted by atomic mass is 16.4. The molecule has 0 spiro atoms. The molecule has 0 aliphatic carbocycles. The van der Waals surface area contributed by atoms with Crippen LogP contribution in [0.2, 0.25) is 0 Å². The van der Waals surface area contributed by atoms with Crippen molar-refractivity contribution in [3.8, 4) is 0 Å². The summed E-state index contributed by atoms with van der Waals surface area (Å²) < 4.78 is 0. The van der Waals surface area contributed by atoms with Gasteiger partial charge in [0.25, 0.3) is 0 Å². The third-order valence-corrected chi connectivity index (χ3v) is 2.65. The Balaban J connectivity index is 2.58. The lowest BCUT2D eigenvalue weighted by molar-refractivity contribution is -0.131. The number of carboxylic acid groups (broad SMARTS) is 1. The van der Waals surface area contributed by atoms with E-state index in [-0.39, 0.29) is 0 Å². The van der Waals surface area contributed by atoms with Crippen molar-refractivity contribution in [2.45, 2.75) is 13.3 Å². The second-order valence-corrected chi connectivity index (χ2v) is 3.78. The van der Waals surface area contributed by atoms with Crippen LogP contribution in [0.25, 0.3) is 17.0 Å². The van der Waals surface area contributed by atoms with Crippen molar-refractivity contribution in [2.75, 3.05) is 0 Å². The Hall–Kier alpha value is -2.16. The Morgan fingerprint density at radius 2 is 2.24 bits per heavy atom. The smallest absolute Gasteiger partial charge is 0.328 e. The molecule has 3 heteroatoms. The summed E-state index contributed by atoms with van der Waals surface area (Å²) in [5.41, 5.74) is 2.98. The molecule has 0 amide bonds. The summed E-state index contributed by atoms with van der Waals surface area (Å²) in [6, 6.07) is 7.89. The summed E-state index contributed by atoms with van der Waals surface area (Å²) in [6.45, 7) is 2.09. The average molecular weight is 227 g/mol. The Labute approximate surface area is 99.4 Å². The quantitative estimate of drug-likeness (QED) is 0.820. The van der Waals surface area contributed by atoms with Crippen LogP contribution in [-0.4, -0.2) is 16.1 Å². The first-order chi connectivity index (χ1) is 8.20. The highest BCUT2D eigenvalue weighted by Gasteiger charge is 2.01. The molecule has 0 aliphatic heterocycles. The summed E-state index contributed by atoms with van der Waals surface area (Å²) in [5, 5.41) is 9.64. The predicted octanol–water partition coefficient (Wildman–Crippen LogP) is 2.90. The molecule has 1 N–H and O–H groups in total. The Morgan fingerprint density at radius 1 is 1.41 bits per heavy atom. The van der Waals surface area contributed by atoms with E-state index in [1.54, 1.807) is 12.3 Å². The number of hydrogen-bond acceptors (Lipinski definition) is 2. The number of aliphatic carboxylic acids is 1. The van der Waals surface area contributed by atoms with E-state index >= 15 is 0 Å². The first-order valence-electron chi connectivity index (χ1n) is 5.49. The highest BCUT2D eigenvalue weighted by Crippen LogP contribution is 2.19. The number of pyridine rings is 1. The summed E-state index contributed by atoms with van der Waals surface area (Å²) in [5.74, 6) is -0.943. The van der Waals surface area contributed by atoms with Crippen LogP contribution in [-0.2, 0) is 11.2 Å². The van der Waals surface area contributed by atoms with E-state index in [9.17, 15) is 4.79 Å². The minimum Gasteiger partial charge on any atom is -0.478 e. The van der Waals surface area contributed by atoms with E-state index < -0.39 is 5.97 Å². The molecular formula is C14H13NO2. The SMILES string of the molecule is CCc1ccc2nccc(/C=C/C(=O)O)c2c1. The second-order valence-electron chi connectivity index (χ2n) is 3.78. The van der Waals surface area contributed by atoms with Gasteiger partial charge in [-0.25, -0.2) is 4.79 Å². The van der Waals surface area contributed by atoms with Crippen molar-refractivity contribution in [3.63, 3.8) is 0 Å². The standard InChI is InChI=1S/C14H13NO2/c1-2-10-3-5-13-12(9-10)11(7-8-15-13)4-6-14(16)17/h3-9H,2H2,1H3,(H,16,17)/b6-4+. The van der Waals surface area contributed by atoms with Gasteiger partial charge < -0.3 is 5.11 Å². The van der Waals surface area contributed by atoms with Crippen LogP contribution in [0.5, 0.6) is 0 Å². The second kappa shape index (κ2) is 4.78. The van der Waals surface area contributed by atoms with Gasteiger partial charge in [0.1, 0.15) is 0 Å². The maximum atomic E-state index is 10.5. The zero-order valence-electron chi connectivity index (χ0n) is 9.55. The van der Waals surface area contributed by atoms with Crippen molar-refractivity contribution in [1.29, 1.82) is 0 Å². The molecule has 0 atom stereocenters. The summed E-state index contributed by atoms with van der Waals surface area (Å²) in [4.78, 5) is 14.8. The van der Waals surface area contributed by atoms with Gasteiger partial charge in [0.2, 0.25) is 0 Å². The first kappa shape index (κ1) is 11.3. The van der Waals surface area contributed by atoms with Crippen molar-refractivity contribution in [3.05, 3.63) is 47.7 Å². The van der Waals surface area contributed by atoms with Crippen LogP contribution < -0.4 is 0 Å². The third-order valence-electron chi connectivity index (χ3n) is 2.65. The highest BCUT2D eigenvalue weighted by molar-refractivity contribution is 5.92. The summed E-state index contributed by atoms with van der Waals surface area (Å²) in [7, 11) is 0. The van der Waals surface area contributed by atoms with Gasteiger partial charge in [-0.1, -0.05) is 13.0 Å². The van der Waals surface area contributed by atoms with E-state index in [4.69, 9.17) is 5.11 Å². The van der Waals surface area contributed by atoms with E-state index in [1.165, 1.54) is 5.56 Å². The molecule has 2 aromatic rings. The lowest BCUT2D eigenvalue weighted by Crippen LogP contribution is -1.88. The molecule has 17 heavy (non-hydrogen) atoms. The molecule has 0 saturated carbocycles. The number of carboxylic acids is 1. The molecule has 1 aromatic heterocycles. The number of nitrogens with zero attached hydrogens (tertiary/aromatic N) is 1. The van der Waals surface area contributed by atoms with Crippen LogP contribution in [0.15, 0.2) is 36.5 Å². The monoisotopic (exact) mass is 227 g/mol. The fraction of sp³-hybridized carbons (Fsp3) is 0.143. The van der Waals surface area contributed by atoms with Gasteiger partial charge in [0, 0.05) is 17.7 Å². The van der Waals surface area contributed by atoms with Gasteiger partial charge in [0.05, 0.1) is 5.52 Å². The number of aryl methyl sites for hydroxylation is 1. The number of rotatable bonds is 3. The molecule has 0 bridgehead atoms. The molecule has 0 saturated heterocycles. The van der Waals surface area contributed by atoms with E-state index in [2.05, 4.69) is 18.0 Å². The lowest BCUT2D eigenvalue weighted by atomic mass is 10.0. The van der Waals surface area contributed by atoms with Crippen LogP contribution in [0, 0.1) is 0 Å². The Morgan fingerprint density at radius 3 is 2.94 bits per heavy atom. The molecule has 1 heterocycles. The predicted molar refractivity (Wildman–Crippen MR) is 67.8 cm³/mol.